The first-order chi connectivity index (χ1) is 18.9. The third-order valence-corrected chi connectivity index (χ3v) is 6.86. The minimum Gasteiger partial charge on any atom is -0.493 e. The Morgan fingerprint density at radius 2 is 1.90 bits per heavy atom. The number of halogens is 2. The van der Waals surface area contributed by atoms with E-state index < -0.39 is 35.1 Å². The molecule has 1 fully saturated rings. The van der Waals surface area contributed by atoms with E-state index in [-0.39, 0.29) is 30.9 Å². The van der Waals surface area contributed by atoms with E-state index in [4.69, 9.17) is 19.9 Å². The highest BCUT2D eigenvalue weighted by atomic mass is 19.1. The molecule has 1 saturated heterocycles. The Hall–Kier alpha value is -3.50. The molecule has 2 amide bonds. The minimum atomic E-state index is -0.951. The number of benzene rings is 2. The molecular formula is C30H37F2N3O5. The lowest BCUT2D eigenvalue weighted by atomic mass is 10.1. The van der Waals surface area contributed by atoms with Gasteiger partial charge in [-0.05, 0) is 44.9 Å². The van der Waals surface area contributed by atoms with E-state index in [1.807, 2.05) is 26.8 Å². The third kappa shape index (κ3) is 7.37. The van der Waals surface area contributed by atoms with Gasteiger partial charge in [-0.1, -0.05) is 18.7 Å². The highest BCUT2D eigenvalue weighted by molar-refractivity contribution is 6.01. The van der Waals surface area contributed by atoms with Gasteiger partial charge in [-0.25, -0.2) is 8.78 Å². The molecule has 0 bridgehead atoms. The molecule has 2 heterocycles. The Bertz CT molecular complexity index is 1270. The van der Waals surface area contributed by atoms with Gasteiger partial charge >= 0.3 is 0 Å². The Balaban J connectivity index is 1.45. The quantitative estimate of drug-likeness (QED) is 0.414. The predicted molar refractivity (Wildman–Crippen MR) is 145 cm³/mol. The van der Waals surface area contributed by atoms with Crippen molar-refractivity contribution in [2.75, 3.05) is 26.3 Å². The molecule has 0 spiro atoms. The number of primary amides is 1. The molecule has 0 aromatic heterocycles. The van der Waals surface area contributed by atoms with Crippen LogP contribution in [0.25, 0.3) is 0 Å². The van der Waals surface area contributed by atoms with Gasteiger partial charge < -0.3 is 24.8 Å². The molecule has 4 rings (SSSR count). The van der Waals surface area contributed by atoms with Gasteiger partial charge in [-0.15, -0.1) is 0 Å². The number of hydrogen-bond donors (Lipinski definition) is 1. The van der Waals surface area contributed by atoms with Crippen molar-refractivity contribution in [3.05, 3.63) is 76.6 Å². The number of ether oxygens (including phenoxy) is 3. The van der Waals surface area contributed by atoms with Crippen LogP contribution in [0.1, 0.15) is 60.7 Å². The average molecular weight is 558 g/mol. The number of hydrogen-bond acceptors (Lipinski definition) is 6. The fraction of sp³-hybridized carbons (Fsp3) is 0.467. The molecule has 0 radical (unpaired) electrons. The van der Waals surface area contributed by atoms with Crippen LogP contribution < -0.4 is 10.5 Å². The fourth-order valence-electron chi connectivity index (χ4n) is 4.96. The first-order valence-electron chi connectivity index (χ1n) is 13.4. The molecule has 2 aromatic rings. The molecule has 2 aromatic carbocycles. The van der Waals surface area contributed by atoms with Crippen LogP contribution in [0.2, 0.25) is 0 Å². The predicted octanol–water partition coefficient (Wildman–Crippen LogP) is 4.29. The Morgan fingerprint density at radius 1 is 1.18 bits per heavy atom. The van der Waals surface area contributed by atoms with Gasteiger partial charge in [-0.2, -0.15) is 0 Å². The maximum atomic E-state index is 14.9. The smallest absolute Gasteiger partial charge is 0.255 e. The zero-order valence-electron chi connectivity index (χ0n) is 23.3. The number of morpholine rings is 1. The van der Waals surface area contributed by atoms with E-state index in [0.717, 1.165) is 24.7 Å². The SMILES string of the molecule is C=C(CC[C@@H](C(N)=O)N1Cc2c(OCc3ccc(CN4CCOCC4)cc3F)cc(F)cc2C1=O)OC(C)(C)C. The lowest BCUT2D eigenvalue weighted by Gasteiger charge is -2.27. The van der Waals surface area contributed by atoms with Crippen molar-refractivity contribution in [1.29, 1.82) is 0 Å². The Morgan fingerprint density at radius 3 is 2.55 bits per heavy atom. The van der Waals surface area contributed by atoms with Crippen LogP contribution in [0.5, 0.6) is 5.75 Å². The number of carbonyl (C=O) groups excluding carboxylic acids is 2. The third-order valence-electron chi connectivity index (χ3n) is 6.86. The maximum absolute atomic E-state index is 14.9. The van der Waals surface area contributed by atoms with Crippen molar-refractivity contribution in [2.45, 2.75) is 65.0 Å². The molecule has 0 aliphatic carbocycles. The minimum absolute atomic E-state index is 0.00492. The van der Waals surface area contributed by atoms with Crippen LogP contribution in [0.3, 0.4) is 0 Å². The number of nitrogens with zero attached hydrogens (tertiary/aromatic N) is 2. The number of carbonyl (C=O) groups is 2. The van der Waals surface area contributed by atoms with E-state index in [2.05, 4.69) is 11.5 Å². The highest BCUT2D eigenvalue weighted by Crippen LogP contribution is 2.35. The molecule has 40 heavy (non-hydrogen) atoms. The van der Waals surface area contributed by atoms with Crippen LogP contribution in [0.15, 0.2) is 42.7 Å². The number of allylic oxidation sites excluding steroid dienone is 1. The van der Waals surface area contributed by atoms with Gasteiger partial charge in [0, 0.05) is 43.2 Å². The van der Waals surface area contributed by atoms with Gasteiger partial charge in [0.05, 0.1) is 31.1 Å². The van der Waals surface area contributed by atoms with Crippen molar-refractivity contribution in [1.82, 2.24) is 9.80 Å². The standard InChI is InChI=1S/C30H37F2N3O5/c1-19(40-30(2,3)4)5-8-26(28(33)36)35-17-24-23(29(35)37)14-22(31)15-27(24)39-18-21-7-6-20(13-25(21)32)16-34-9-11-38-12-10-34/h6-7,13-15,26H,1,5,8-12,16-18H2,2-4H3,(H2,33,36)/t26-/m0/s1. The summed E-state index contributed by atoms with van der Waals surface area (Å²) in [5.41, 5.74) is 6.86. The van der Waals surface area contributed by atoms with Crippen LogP contribution in [0.4, 0.5) is 8.78 Å². The highest BCUT2D eigenvalue weighted by Gasteiger charge is 2.38. The lowest BCUT2D eigenvalue weighted by Crippen LogP contribution is -2.45. The van der Waals surface area contributed by atoms with E-state index in [1.54, 1.807) is 6.07 Å². The summed E-state index contributed by atoms with van der Waals surface area (Å²) >= 11 is 0. The second-order valence-electron chi connectivity index (χ2n) is 11.2. The molecule has 10 heteroatoms. The molecule has 2 N–H and O–H groups in total. The molecule has 1 atom stereocenters. The zero-order valence-corrected chi connectivity index (χ0v) is 23.3. The van der Waals surface area contributed by atoms with Gasteiger partial charge in [0.15, 0.2) is 0 Å². The van der Waals surface area contributed by atoms with Crippen molar-refractivity contribution < 1.29 is 32.6 Å². The fourth-order valence-corrected chi connectivity index (χ4v) is 4.96. The molecule has 2 aliphatic rings. The lowest BCUT2D eigenvalue weighted by molar-refractivity contribution is -0.122. The Labute approximate surface area is 233 Å². The van der Waals surface area contributed by atoms with E-state index in [9.17, 15) is 18.4 Å². The summed E-state index contributed by atoms with van der Waals surface area (Å²) in [6, 6.07) is 6.30. The summed E-state index contributed by atoms with van der Waals surface area (Å²) in [6.07, 6.45) is 0.508. The van der Waals surface area contributed by atoms with Gasteiger partial charge in [0.25, 0.3) is 5.91 Å². The maximum Gasteiger partial charge on any atom is 0.255 e. The summed E-state index contributed by atoms with van der Waals surface area (Å²) in [5.74, 6) is -1.73. The van der Waals surface area contributed by atoms with Crippen molar-refractivity contribution in [3.63, 3.8) is 0 Å². The number of fused-ring (bicyclic) bond motifs is 1. The molecular weight excluding hydrogens is 520 g/mol. The number of nitrogens with two attached hydrogens (primary N) is 1. The average Bonchev–Trinajstić information content (AvgIpc) is 3.19. The van der Waals surface area contributed by atoms with Crippen molar-refractivity contribution in [3.8, 4) is 5.75 Å². The zero-order chi connectivity index (χ0) is 29.0. The second-order valence-corrected chi connectivity index (χ2v) is 11.2. The first-order valence-corrected chi connectivity index (χ1v) is 13.4. The summed E-state index contributed by atoms with van der Waals surface area (Å²) in [6.45, 7) is 12.9. The topological polar surface area (TPSA) is 94.3 Å². The molecule has 216 valence electrons. The number of rotatable bonds is 11. The van der Waals surface area contributed by atoms with E-state index in [0.29, 0.717) is 43.1 Å². The van der Waals surface area contributed by atoms with Crippen LogP contribution in [-0.4, -0.2) is 59.6 Å². The summed E-state index contributed by atoms with van der Waals surface area (Å²) < 4.78 is 46.3. The van der Waals surface area contributed by atoms with Crippen LogP contribution in [0, 0.1) is 11.6 Å². The van der Waals surface area contributed by atoms with Crippen molar-refractivity contribution >= 4 is 11.8 Å². The molecule has 0 unspecified atom stereocenters. The normalized spacial score (nSPS) is 16.5. The van der Waals surface area contributed by atoms with Gasteiger partial charge in [-0.3, -0.25) is 14.5 Å². The monoisotopic (exact) mass is 557 g/mol. The van der Waals surface area contributed by atoms with E-state index >= 15 is 0 Å². The summed E-state index contributed by atoms with van der Waals surface area (Å²) in [5, 5.41) is 0. The van der Waals surface area contributed by atoms with E-state index in [1.165, 1.54) is 17.0 Å². The largest absolute Gasteiger partial charge is 0.493 e. The second kappa shape index (κ2) is 12.3. The Kier molecular flexibility index (Phi) is 9.10. The molecule has 0 saturated carbocycles. The first kappa shape index (κ1) is 29.5. The van der Waals surface area contributed by atoms with Crippen LogP contribution >= 0.6 is 0 Å². The van der Waals surface area contributed by atoms with Crippen molar-refractivity contribution in [2.24, 2.45) is 5.73 Å². The molecule has 2 aliphatic heterocycles. The van der Waals surface area contributed by atoms with Gasteiger partial charge in [0.2, 0.25) is 5.91 Å². The summed E-state index contributed by atoms with van der Waals surface area (Å²) in [4.78, 5) is 29.1. The number of amides is 2. The summed E-state index contributed by atoms with van der Waals surface area (Å²) in [7, 11) is 0. The van der Waals surface area contributed by atoms with Gasteiger partial charge in [0.1, 0.15) is 35.6 Å². The van der Waals surface area contributed by atoms with Crippen LogP contribution in [-0.2, 0) is 34.0 Å². The molecule has 8 nitrogen and oxygen atoms in total.